The van der Waals surface area contributed by atoms with Crippen molar-refractivity contribution in [3.8, 4) is 6.07 Å². The summed E-state index contributed by atoms with van der Waals surface area (Å²) in [4.78, 5) is 27.4. The first-order valence-corrected chi connectivity index (χ1v) is 11.1. The van der Waals surface area contributed by atoms with Crippen LogP contribution in [-0.2, 0) is 16.0 Å². The summed E-state index contributed by atoms with van der Waals surface area (Å²) in [6.07, 6.45) is 2.49. The predicted molar refractivity (Wildman–Crippen MR) is 122 cm³/mol. The summed E-state index contributed by atoms with van der Waals surface area (Å²) in [7, 11) is 0. The smallest absolute Gasteiger partial charge is 0.420 e. The van der Waals surface area contributed by atoms with E-state index >= 15 is 0 Å². The van der Waals surface area contributed by atoms with Gasteiger partial charge >= 0.3 is 12.2 Å². The zero-order valence-electron chi connectivity index (χ0n) is 19.9. The number of carbonyl (C=O) groups excluding carboxylic acids is 2. The van der Waals surface area contributed by atoms with Gasteiger partial charge in [-0.3, -0.25) is 0 Å². The lowest BCUT2D eigenvalue weighted by molar-refractivity contribution is 0.0173. The van der Waals surface area contributed by atoms with Gasteiger partial charge in [0.15, 0.2) is 0 Å². The van der Waals surface area contributed by atoms with Crippen LogP contribution in [0.2, 0.25) is 0 Å². The molecule has 1 saturated carbocycles. The third-order valence-corrected chi connectivity index (χ3v) is 5.29. The summed E-state index contributed by atoms with van der Waals surface area (Å²) in [6, 6.07) is 9.37. The van der Waals surface area contributed by atoms with Crippen LogP contribution in [0.25, 0.3) is 10.9 Å². The minimum atomic E-state index is -0.686. The molecule has 0 saturated heterocycles. The number of benzene rings is 1. The SMILES string of the molecule is CC(C)(C)OC(=O)N(Cc1ccc2cc(C#N)n(C(=O)OC(C)(C)C)c2c1)CC1CCC1. The Morgan fingerprint density at radius 3 is 2.28 bits per heavy atom. The molecule has 0 radical (unpaired) electrons. The maximum absolute atomic E-state index is 12.9. The van der Waals surface area contributed by atoms with Crippen LogP contribution in [0.4, 0.5) is 9.59 Å². The molecule has 0 atom stereocenters. The van der Waals surface area contributed by atoms with Gasteiger partial charge in [-0.15, -0.1) is 0 Å². The Bertz CT molecular complexity index is 1050. The number of nitriles is 1. The first-order valence-electron chi connectivity index (χ1n) is 11.1. The summed E-state index contributed by atoms with van der Waals surface area (Å²) in [6.45, 7) is 11.9. The quantitative estimate of drug-likeness (QED) is 0.598. The van der Waals surface area contributed by atoms with Crippen molar-refractivity contribution in [1.29, 1.82) is 5.26 Å². The van der Waals surface area contributed by atoms with Crippen molar-refractivity contribution < 1.29 is 19.1 Å². The van der Waals surface area contributed by atoms with E-state index in [0.717, 1.165) is 23.8 Å². The number of amides is 1. The molecule has 32 heavy (non-hydrogen) atoms. The van der Waals surface area contributed by atoms with Crippen LogP contribution in [0.1, 0.15) is 72.1 Å². The fraction of sp³-hybridized carbons (Fsp3) is 0.560. The number of carbonyl (C=O) groups is 2. The van der Waals surface area contributed by atoms with Gasteiger partial charge in [0.2, 0.25) is 0 Å². The highest BCUT2D eigenvalue weighted by molar-refractivity contribution is 5.92. The lowest BCUT2D eigenvalue weighted by Gasteiger charge is -2.33. The molecule has 0 N–H and O–H groups in total. The van der Waals surface area contributed by atoms with E-state index in [1.165, 1.54) is 11.0 Å². The van der Waals surface area contributed by atoms with Gasteiger partial charge in [0.25, 0.3) is 0 Å². The van der Waals surface area contributed by atoms with Crippen LogP contribution in [-0.4, -0.2) is 39.4 Å². The van der Waals surface area contributed by atoms with E-state index in [2.05, 4.69) is 6.07 Å². The number of aromatic nitrogens is 1. The second kappa shape index (κ2) is 8.85. The molecule has 2 aromatic rings. The molecule has 1 aliphatic rings. The van der Waals surface area contributed by atoms with Crippen molar-refractivity contribution in [1.82, 2.24) is 9.47 Å². The van der Waals surface area contributed by atoms with Gasteiger partial charge in [-0.1, -0.05) is 18.6 Å². The number of hydrogen-bond donors (Lipinski definition) is 0. The van der Waals surface area contributed by atoms with Crippen molar-refractivity contribution in [2.24, 2.45) is 5.92 Å². The van der Waals surface area contributed by atoms with E-state index in [1.54, 1.807) is 31.7 Å². The molecule has 1 aromatic heterocycles. The highest BCUT2D eigenvalue weighted by Crippen LogP contribution is 2.29. The molecular weight excluding hydrogens is 406 g/mol. The van der Waals surface area contributed by atoms with Gasteiger partial charge < -0.3 is 14.4 Å². The summed E-state index contributed by atoms with van der Waals surface area (Å²) in [5, 5.41) is 10.3. The maximum atomic E-state index is 12.9. The molecule has 1 heterocycles. The first-order chi connectivity index (χ1) is 14.9. The Morgan fingerprint density at radius 1 is 1.09 bits per heavy atom. The van der Waals surface area contributed by atoms with E-state index in [0.29, 0.717) is 24.5 Å². The second-order valence-corrected chi connectivity index (χ2v) is 10.5. The standard InChI is InChI=1S/C25H33N3O4/c1-24(2,3)31-22(29)27(15-17-8-7-9-17)16-18-10-11-19-13-20(14-26)28(21(19)12-18)23(30)32-25(4,5)6/h10-13,17H,7-9,15-16H2,1-6H3. The molecule has 0 bridgehead atoms. The summed E-state index contributed by atoms with van der Waals surface area (Å²) < 4.78 is 12.4. The van der Waals surface area contributed by atoms with Gasteiger partial charge in [0.1, 0.15) is 23.0 Å². The van der Waals surface area contributed by atoms with Crippen molar-refractivity contribution in [2.75, 3.05) is 6.54 Å². The minimum Gasteiger partial charge on any atom is -0.444 e. The van der Waals surface area contributed by atoms with Crippen LogP contribution in [0.3, 0.4) is 0 Å². The lowest BCUT2D eigenvalue weighted by atomic mass is 9.85. The number of rotatable bonds is 4. The zero-order valence-corrected chi connectivity index (χ0v) is 19.9. The number of ether oxygens (including phenoxy) is 2. The largest absolute Gasteiger partial charge is 0.444 e. The molecule has 1 aromatic carbocycles. The van der Waals surface area contributed by atoms with E-state index in [1.807, 2.05) is 39.0 Å². The number of nitrogens with zero attached hydrogens (tertiary/aromatic N) is 3. The van der Waals surface area contributed by atoms with Crippen molar-refractivity contribution in [3.05, 3.63) is 35.5 Å². The van der Waals surface area contributed by atoms with Crippen LogP contribution in [0, 0.1) is 17.2 Å². The number of fused-ring (bicyclic) bond motifs is 1. The van der Waals surface area contributed by atoms with Crippen LogP contribution >= 0.6 is 0 Å². The van der Waals surface area contributed by atoms with E-state index < -0.39 is 17.3 Å². The third kappa shape index (κ3) is 5.82. The zero-order chi connectivity index (χ0) is 23.7. The fourth-order valence-corrected chi connectivity index (χ4v) is 3.67. The van der Waals surface area contributed by atoms with E-state index in [9.17, 15) is 14.9 Å². The van der Waals surface area contributed by atoms with E-state index in [4.69, 9.17) is 9.47 Å². The molecule has 1 aliphatic carbocycles. The third-order valence-electron chi connectivity index (χ3n) is 5.29. The van der Waals surface area contributed by atoms with E-state index in [-0.39, 0.29) is 11.8 Å². The first kappa shape index (κ1) is 23.6. The normalized spacial score (nSPS) is 14.5. The van der Waals surface area contributed by atoms with Crippen LogP contribution in [0.5, 0.6) is 0 Å². The Kier molecular flexibility index (Phi) is 6.54. The Labute approximate surface area is 189 Å². The molecule has 172 valence electrons. The Morgan fingerprint density at radius 2 is 1.75 bits per heavy atom. The minimum absolute atomic E-state index is 0.213. The molecule has 0 aliphatic heterocycles. The Hall–Kier alpha value is -3.01. The van der Waals surface area contributed by atoms with Gasteiger partial charge in [-0.25, -0.2) is 14.2 Å². The fourth-order valence-electron chi connectivity index (χ4n) is 3.67. The van der Waals surface area contributed by atoms with Gasteiger partial charge in [-0.2, -0.15) is 5.26 Å². The maximum Gasteiger partial charge on any atom is 0.420 e. The Balaban J connectivity index is 1.92. The van der Waals surface area contributed by atoms with Crippen molar-refractivity contribution >= 4 is 23.1 Å². The monoisotopic (exact) mass is 439 g/mol. The highest BCUT2D eigenvalue weighted by atomic mass is 16.6. The van der Waals surface area contributed by atoms with Gasteiger partial charge in [0.05, 0.1) is 5.52 Å². The summed E-state index contributed by atoms with van der Waals surface area (Å²) >= 11 is 0. The molecule has 3 rings (SSSR count). The average molecular weight is 440 g/mol. The predicted octanol–water partition coefficient (Wildman–Crippen LogP) is 5.83. The molecule has 7 heteroatoms. The molecule has 0 unspecified atom stereocenters. The van der Waals surface area contributed by atoms with Gasteiger partial charge in [0, 0.05) is 18.5 Å². The van der Waals surface area contributed by atoms with Gasteiger partial charge in [-0.05, 0) is 78.0 Å². The molecule has 0 spiro atoms. The van der Waals surface area contributed by atoms with Crippen LogP contribution in [0.15, 0.2) is 24.3 Å². The van der Waals surface area contributed by atoms with Crippen molar-refractivity contribution in [3.63, 3.8) is 0 Å². The number of hydrogen-bond acceptors (Lipinski definition) is 5. The van der Waals surface area contributed by atoms with Crippen LogP contribution < -0.4 is 0 Å². The molecule has 7 nitrogen and oxygen atoms in total. The summed E-state index contributed by atoms with van der Waals surface area (Å²) in [5.74, 6) is 0.488. The molecule has 1 fully saturated rings. The second-order valence-electron chi connectivity index (χ2n) is 10.5. The average Bonchev–Trinajstić information content (AvgIpc) is 2.98. The topological polar surface area (TPSA) is 84.6 Å². The highest BCUT2D eigenvalue weighted by Gasteiger charge is 2.28. The summed E-state index contributed by atoms with van der Waals surface area (Å²) in [5.41, 5.74) is 0.390. The lowest BCUT2D eigenvalue weighted by Crippen LogP contribution is -2.40. The molecular formula is C25H33N3O4. The molecule has 1 amide bonds. The van der Waals surface area contributed by atoms with Crippen molar-refractivity contribution in [2.45, 2.75) is 78.6 Å².